The zero-order chi connectivity index (χ0) is 13.7. The second kappa shape index (κ2) is 6.89. The number of rotatable bonds is 6. The van der Waals surface area contributed by atoms with Crippen molar-refractivity contribution in [1.29, 1.82) is 0 Å². The van der Waals surface area contributed by atoms with Crippen molar-refractivity contribution in [3.05, 3.63) is 45.4 Å². The first-order valence-corrected chi connectivity index (χ1v) is 7.39. The van der Waals surface area contributed by atoms with Crippen LogP contribution in [0.1, 0.15) is 23.4 Å². The van der Waals surface area contributed by atoms with E-state index in [1.807, 2.05) is 29.8 Å². The molecule has 1 atom stereocenters. The molecule has 0 amide bonds. The summed E-state index contributed by atoms with van der Waals surface area (Å²) in [5, 5.41) is 7.29. The van der Waals surface area contributed by atoms with Gasteiger partial charge in [0.1, 0.15) is 5.75 Å². The molecule has 1 aromatic carbocycles. The van der Waals surface area contributed by atoms with Gasteiger partial charge in [0.05, 0.1) is 12.1 Å². The van der Waals surface area contributed by atoms with Gasteiger partial charge in [-0.15, -0.1) is 11.3 Å². The highest BCUT2D eigenvalue weighted by molar-refractivity contribution is 7.09. The molecule has 1 heterocycles. The normalized spacial score (nSPS) is 12.4. The Kier molecular flexibility index (Phi) is 5.19. The van der Waals surface area contributed by atoms with Crippen molar-refractivity contribution >= 4 is 22.9 Å². The van der Waals surface area contributed by atoms with Crippen LogP contribution in [-0.2, 0) is 6.54 Å². The molecule has 1 aromatic heterocycles. The van der Waals surface area contributed by atoms with Gasteiger partial charge in [-0.05, 0) is 12.1 Å². The number of aromatic nitrogens is 1. The fraction of sp³-hybridized carbons (Fsp3) is 0.357. The number of hydrogen-bond acceptors (Lipinski definition) is 4. The van der Waals surface area contributed by atoms with Gasteiger partial charge >= 0.3 is 0 Å². The molecule has 0 spiro atoms. The minimum atomic E-state index is 0.397. The molecular weight excluding hydrogens is 280 g/mol. The maximum Gasteiger partial charge on any atom is 0.124 e. The van der Waals surface area contributed by atoms with E-state index in [1.54, 1.807) is 18.4 Å². The molecule has 0 aliphatic carbocycles. The molecule has 0 radical (unpaired) electrons. The van der Waals surface area contributed by atoms with E-state index in [2.05, 4.69) is 17.2 Å². The van der Waals surface area contributed by atoms with E-state index in [9.17, 15) is 0 Å². The smallest absolute Gasteiger partial charge is 0.124 e. The molecule has 2 aromatic rings. The lowest BCUT2D eigenvalue weighted by Crippen LogP contribution is -2.20. The Morgan fingerprint density at radius 1 is 1.47 bits per heavy atom. The van der Waals surface area contributed by atoms with Gasteiger partial charge in [-0.1, -0.05) is 24.6 Å². The summed E-state index contributed by atoms with van der Waals surface area (Å²) in [6.07, 6.45) is 1.84. The minimum Gasteiger partial charge on any atom is -0.496 e. The highest BCUT2D eigenvalue weighted by Gasteiger charge is 2.10. The molecule has 0 aliphatic heterocycles. The predicted octanol–water partition coefficient (Wildman–Crippen LogP) is 3.70. The predicted molar refractivity (Wildman–Crippen MR) is 80.2 cm³/mol. The lowest BCUT2D eigenvalue weighted by atomic mass is 10.1. The number of hydrogen-bond donors (Lipinski definition) is 1. The standard InChI is InChI=1S/C14H17ClN2OS/c1-10(14-17-6-7-19-14)8-16-9-11-12(15)4-3-5-13(11)18-2/h3-7,10,16H,8-9H2,1-2H3. The maximum absolute atomic E-state index is 6.19. The van der Waals surface area contributed by atoms with Crippen LogP contribution in [0, 0.1) is 0 Å². The van der Waals surface area contributed by atoms with Crippen LogP contribution in [0.5, 0.6) is 5.75 Å². The van der Waals surface area contributed by atoms with Crippen molar-refractivity contribution in [1.82, 2.24) is 10.3 Å². The lowest BCUT2D eigenvalue weighted by molar-refractivity contribution is 0.407. The van der Waals surface area contributed by atoms with E-state index in [0.29, 0.717) is 12.5 Å². The van der Waals surface area contributed by atoms with Crippen molar-refractivity contribution < 1.29 is 4.74 Å². The molecule has 102 valence electrons. The number of benzene rings is 1. The highest BCUT2D eigenvalue weighted by atomic mass is 35.5. The van der Waals surface area contributed by atoms with Gasteiger partial charge < -0.3 is 10.1 Å². The number of methoxy groups -OCH3 is 1. The van der Waals surface area contributed by atoms with Crippen LogP contribution >= 0.6 is 22.9 Å². The Hall–Kier alpha value is -1.10. The molecule has 0 aliphatic rings. The number of thiazole rings is 1. The molecule has 0 bridgehead atoms. The summed E-state index contributed by atoms with van der Waals surface area (Å²) >= 11 is 7.88. The third kappa shape index (κ3) is 3.69. The molecule has 5 heteroatoms. The molecule has 1 N–H and O–H groups in total. The molecule has 0 saturated carbocycles. The Morgan fingerprint density at radius 3 is 3.00 bits per heavy atom. The van der Waals surface area contributed by atoms with Crippen molar-refractivity contribution in [2.24, 2.45) is 0 Å². The van der Waals surface area contributed by atoms with Crippen LogP contribution in [0.3, 0.4) is 0 Å². The Labute approximate surface area is 122 Å². The molecule has 19 heavy (non-hydrogen) atoms. The summed E-state index contributed by atoms with van der Waals surface area (Å²) in [7, 11) is 1.66. The first-order chi connectivity index (χ1) is 9.22. The average molecular weight is 297 g/mol. The molecule has 0 saturated heterocycles. The minimum absolute atomic E-state index is 0.397. The third-order valence-corrected chi connectivity index (χ3v) is 4.28. The van der Waals surface area contributed by atoms with Gasteiger partial charge in [0.2, 0.25) is 0 Å². The summed E-state index contributed by atoms with van der Waals surface area (Å²) in [6.45, 7) is 3.72. The van der Waals surface area contributed by atoms with Gasteiger partial charge in [0, 0.05) is 41.2 Å². The van der Waals surface area contributed by atoms with E-state index >= 15 is 0 Å². The van der Waals surface area contributed by atoms with Crippen molar-refractivity contribution in [2.45, 2.75) is 19.4 Å². The number of ether oxygens (including phenoxy) is 1. The van der Waals surface area contributed by atoms with E-state index < -0.39 is 0 Å². The monoisotopic (exact) mass is 296 g/mol. The van der Waals surface area contributed by atoms with Gasteiger partial charge in [-0.25, -0.2) is 4.98 Å². The van der Waals surface area contributed by atoms with Crippen LogP contribution in [0.2, 0.25) is 5.02 Å². The van der Waals surface area contributed by atoms with Crippen LogP contribution in [0.15, 0.2) is 29.8 Å². The third-order valence-electron chi connectivity index (χ3n) is 2.92. The first-order valence-electron chi connectivity index (χ1n) is 6.14. The largest absolute Gasteiger partial charge is 0.496 e. The fourth-order valence-electron chi connectivity index (χ4n) is 1.88. The fourth-order valence-corrected chi connectivity index (χ4v) is 2.81. The number of nitrogens with zero attached hydrogens (tertiary/aromatic N) is 1. The zero-order valence-electron chi connectivity index (χ0n) is 11.0. The van der Waals surface area contributed by atoms with Gasteiger partial charge in [0.15, 0.2) is 0 Å². The van der Waals surface area contributed by atoms with E-state index in [-0.39, 0.29) is 0 Å². The van der Waals surface area contributed by atoms with Gasteiger partial charge in [0.25, 0.3) is 0 Å². The summed E-state index contributed by atoms with van der Waals surface area (Å²) in [6, 6.07) is 5.70. The second-order valence-electron chi connectivity index (χ2n) is 4.32. The van der Waals surface area contributed by atoms with E-state index in [0.717, 1.165) is 27.9 Å². The summed E-state index contributed by atoms with van der Waals surface area (Å²) in [5.41, 5.74) is 0.998. The Morgan fingerprint density at radius 2 is 2.32 bits per heavy atom. The molecule has 0 fully saturated rings. The van der Waals surface area contributed by atoms with Crippen molar-refractivity contribution in [3.63, 3.8) is 0 Å². The quantitative estimate of drug-likeness (QED) is 0.882. The van der Waals surface area contributed by atoms with Crippen LogP contribution < -0.4 is 10.1 Å². The average Bonchev–Trinajstić information content (AvgIpc) is 2.94. The van der Waals surface area contributed by atoms with Gasteiger partial charge in [-0.2, -0.15) is 0 Å². The molecule has 2 rings (SSSR count). The zero-order valence-corrected chi connectivity index (χ0v) is 12.6. The highest BCUT2D eigenvalue weighted by Crippen LogP contribution is 2.26. The number of halogens is 1. The van der Waals surface area contributed by atoms with E-state index in [4.69, 9.17) is 16.3 Å². The maximum atomic E-state index is 6.19. The summed E-state index contributed by atoms with van der Waals surface area (Å²) < 4.78 is 5.32. The lowest BCUT2D eigenvalue weighted by Gasteiger charge is -2.13. The Bertz CT molecular complexity index is 516. The second-order valence-corrected chi connectivity index (χ2v) is 5.66. The van der Waals surface area contributed by atoms with Crippen LogP contribution in [-0.4, -0.2) is 18.6 Å². The molecular formula is C14H17ClN2OS. The first kappa shape index (κ1) is 14.3. The Balaban J connectivity index is 1.92. The number of nitrogens with one attached hydrogen (secondary N) is 1. The van der Waals surface area contributed by atoms with Crippen molar-refractivity contribution in [2.75, 3.05) is 13.7 Å². The SMILES string of the molecule is COc1cccc(Cl)c1CNCC(C)c1nccs1. The topological polar surface area (TPSA) is 34.1 Å². The van der Waals surface area contributed by atoms with Crippen molar-refractivity contribution in [3.8, 4) is 5.75 Å². The van der Waals surface area contributed by atoms with Gasteiger partial charge in [-0.3, -0.25) is 0 Å². The van der Waals surface area contributed by atoms with Crippen LogP contribution in [0.25, 0.3) is 0 Å². The summed E-state index contributed by atoms with van der Waals surface area (Å²) in [4.78, 5) is 4.32. The van der Waals surface area contributed by atoms with Crippen LogP contribution in [0.4, 0.5) is 0 Å². The molecule has 3 nitrogen and oxygen atoms in total. The van der Waals surface area contributed by atoms with E-state index in [1.165, 1.54) is 0 Å². The molecule has 1 unspecified atom stereocenters. The summed E-state index contributed by atoms with van der Waals surface area (Å²) in [5.74, 6) is 1.22.